The van der Waals surface area contributed by atoms with Crippen LogP contribution in [0.25, 0.3) is 0 Å². The fraction of sp³-hybridized carbons (Fsp3) is 0.333. The number of hydrogen-bond donors (Lipinski definition) is 1. The molecule has 1 aromatic carbocycles. The van der Waals surface area contributed by atoms with Gasteiger partial charge in [-0.1, -0.05) is 28.1 Å². The Bertz CT molecular complexity index is 569. The van der Waals surface area contributed by atoms with Gasteiger partial charge in [0.1, 0.15) is 0 Å². The minimum atomic E-state index is -3.46. The monoisotopic (exact) mass is 393 g/mol. The molecule has 1 N–H and O–H groups in total. The van der Waals surface area contributed by atoms with E-state index < -0.39 is 10.0 Å². The Morgan fingerprint density at radius 2 is 2.00 bits per heavy atom. The predicted octanol–water partition coefficient (Wildman–Crippen LogP) is 3.60. The van der Waals surface area contributed by atoms with E-state index >= 15 is 0 Å². The molecule has 0 saturated heterocycles. The lowest BCUT2D eigenvalue weighted by atomic mass is 10.0. The summed E-state index contributed by atoms with van der Waals surface area (Å²) in [6.07, 6.45) is 6.64. The van der Waals surface area contributed by atoms with Crippen LogP contribution in [0.1, 0.15) is 19.3 Å². The van der Waals surface area contributed by atoms with Crippen molar-refractivity contribution in [2.24, 2.45) is 0 Å². The first-order chi connectivity index (χ1) is 8.49. The summed E-state index contributed by atoms with van der Waals surface area (Å²) in [5, 5.41) is 0. The molecule has 0 fully saturated rings. The van der Waals surface area contributed by atoms with Crippen LogP contribution in [0.4, 0.5) is 0 Å². The fourth-order valence-corrected chi connectivity index (χ4v) is 4.91. The van der Waals surface area contributed by atoms with Crippen molar-refractivity contribution in [1.29, 1.82) is 0 Å². The third-order valence-electron chi connectivity index (χ3n) is 2.77. The van der Waals surface area contributed by atoms with Gasteiger partial charge in [-0.15, -0.1) is 0 Å². The van der Waals surface area contributed by atoms with Crippen LogP contribution in [0.3, 0.4) is 0 Å². The van der Waals surface area contributed by atoms with Gasteiger partial charge in [0.05, 0.1) is 4.90 Å². The van der Waals surface area contributed by atoms with Gasteiger partial charge in [0.2, 0.25) is 10.0 Å². The highest BCUT2D eigenvalue weighted by Crippen LogP contribution is 2.26. The summed E-state index contributed by atoms with van der Waals surface area (Å²) in [6.45, 7) is 0. The van der Waals surface area contributed by atoms with Gasteiger partial charge in [-0.25, -0.2) is 13.1 Å². The highest BCUT2D eigenvalue weighted by Gasteiger charge is 2.22. The van der Waals surface area contributed by atoms with Crippen LogP contribution >= 0.6 is 31.9 Å². The Balaban J connectivity index is 2.22. The molecule has 0 bridgehead atoms. The molecule has 2 rings (SSSR count). The summed E-state index contributed by atoms with van der Waals surface area (Å²) in [5.41, 5.74) is 0. The number of hydrogen-bond acceptors (Lipinski definition) is 2. The second-order valence-electron chi connectivity index (χ2n) is 4.18. The topological polar surface area (TPSA) is 46.2 Å². The predicted molar refractivity (Wildman–Crippen MR) is 78.9 cm³/mol. The number of nitrogens with one attached hydrogen (secondary N) is 1. The maximum atomic E-state index is 12.3. The number of halogens is 2. The average Bonchev–Trinajstić information content (AvgIpc) is 2.29. The van der Waals surface area contributed by atoms with E-state index in [-0.39, 0.29) is 10.9 Å². The summed E-state index contributed by atoms with van der Waals surface area (Å²) in [5.74, 6) is 0. The zero-order chi connectivity index (χ0) is 13.2. The molecule has 0 radical (unpaired) electrons. The third-order valence-corrected chi connectivity index (χ3v) is 5.76. The molecule has 3 nitrogen and oxygen atoms in total. The van der Waals surface area contributed by atoms with E-state index in [0.29, 0.717) is 4.47 Å². The molecule has 0 spiro atoms. The van der Waals surface area contributed by atoms with Crippen molar-refractivity contribution in [3.8, 4) is 0 Å². The van der Waals surface area contributed by atoms with Crippen molar-refractivity contribution in [3.63, 3.8) is 0 Å². The first-order valence-electron chi connectivity index (χ1n) is 5.61. The lowest BCUT2D eigenvalue weighted by Crippen LogP contribution is -2.35. The van der Waals surface area contributed by atoms with Crippen molar-refractivity contribution < 1.29 is 8.42 Å². The Hall–Kier alpha value is -0.170. The van der Waals surface area contributed by atoms with Crippen LogP contribution < -0.4 is 4.72 Å². The van der Waals surface area contributed by atoms with Gasteiger partial charge >= 0.3 is 0 Å². The largest absolute Gasteiger partial charge is 0.241 e. The number of allylic oxidation sites excluding steroid dienone is 1. The van der Waals surface area contributed by atoms with Gasteiger partial charge in [0.25, 0.3) is 0 Å². The molecule has 18 heavy (non-hydrogen) atoms. The summed E-state index contributed by atoms with van der Waals surface area (Å²) < 4.78 is 28.7. The smallest absolute Gasteiger partial charge is 0.208 e. The van der Waals surface area contributed by atoms with Gasteiger partial charge in [-0.3, -0.25) is 0 Å². The van der Waals surface area contributed by atoms with Gasteiger partial charge in [0, 0.05) is 15.0 Å². The van der Waals surface area contributed by atoms with Crippen LogP contribution in [-0.4, -0.2) is 14.5 Å². The van der Waals surface area contributed by atoms with Crippen LogP contribution in [0.5, 0.6) is 0 Å². The SMILES string of the molecule is O=S(=O)(NC1CC=CCC1)c1ccc(Br)cc1Br. The van der Waals surface area contributed by atoms with E-state index in [0.717, 1.165) is 23.7 Å². The van der Waals surface area contributed by atoms with E-state index in [1.807, 2.05) is 6.08 Å². The lowest BCUT2D eigenvalue weighted by molar-refractivity contribution is 0.522. The van der Waals surface area contributed by atoms with Crippen LogP contribution in [0.2, 0.25) is 0 Å². The van der Waals surface area contributed by atoms with E-state index in [1.54, 1.807) is 18.2 Å². The third kappa shape index (κ3) is 3.44. The van der Waals surface area contributed by atoms with E-state index in [2.05, 4.69) is 42.7 Å². The van der Waals surface area contributed by atoms with E-state index in [1.165, 1.54) is 0 Å². The fourth-order valence-electron chi connectivity index (χ4n) is 1.88. The molecule has 1 atom stereocenters. The minimum absolute atomic E-state index is 0.00412. The maximum absolute atomic E-state index is 12.3. The van der Waals surface area contributed by atoms with E-state index in [9.17, 15) is 8.42 Å². The molecule has 1 aliphatic rings. The highest BCUT2D eigenvalue weighted by molar-refractivity contribution is 9.11. The van der Waals surface area contributed by atoms with Crippen molar-refractivity contribution >= 4 is 41.9 Å². The summed E-state index contributed by atoms with van der Waals surface area (Å²) in [7, 11) is -3.46. The maximum Gasteiger partial charge on any atom is 0.241 e. The quantitative estimate of drug-likeness (QED) is 0.796. The molecule has 0 amide bonds. The molecule has 0 heterocycles. The van der Waals surface area contributed by atoms with Crippen molar-refractivity contribution in [2.75, 3.05) is 0 Å². The molecule has 1 unspecified atom stereocenters. The Morgan fingerprint density at radius 1 is 1.22 bits per heavy atom. The highest BCUT2D eigenvalue weighted by atomic mass is 79.9. The molecule has 0 saturated carbocycles. The van der Waals surface area contributed by atoms with Gasteiger partial charge in [-0.05, 0) is 53.4 Å². The summed E-state index contributed by atoms with van der Waals surface area (Å²) >= 11 is 6.59. The number of sulfonamides is 1. The van der Waals surface area contributed by atoms with Crippen molar-refractivity contribution in [3.05, 3.63) is 39.3 Å². The summed E-state index contributed by atoms with van der Waals surface area (Å²) in [6, 6.07) is 5.04. The van der Waals surface area contributed by atoms with Gasteiger partial charge < -0.3 is 0 Å². The zero-order valence-electron chi connectivity index (χ0n) is 9.57. The van der Waals surface area contributed by atoms with Gasteiger partial charge in [-0.2, -0.15) is 0 Å². The van der Waals surface area contributed by atoms with E-state index in [4.69, 9.17) is 0 Å². The Labute approximate surface area is 124 Å². The summed E-state index contributed by atoms with van der Waals surface area (Å²) in [4.78, 5) is 0.278. The minimum Gasteiger partial charge on any atom is -0.208 e. The number of rotatable bonds is 3. The van der Waals surface area contributed by atoms with Crippen LogP contribution in [0, 0.1) is 0 Å². The van der Waals surface area contributed by atoms with Crippen LogP contribution in [-0.2, 0) is 10.0 Å². The molecule has 1 aromatic rings. The van der Waals surface area contributed by atoms with Gasteiger partial charge in [0.15, 0.2) is 0 Å². The second kappa shape index (κ2) is 5.86. The lowest BCUT2D eigenvalue weighted by Gasteiger charge is -2.19. The Kier molecular flexibility index (Phi) is 4.64. The molecule has 0 aliphatic heterocycles. The zero-order valence-corrected chi connectivity index (χ0v) is 13.6. The average molecular weight is 395 g/mol. The normalized spacial score (nSPS) is 20.0. The molecule has 0 aromatic heterocycles. The Morgan fingerprint density at radius 3 is 2.61 bits per heavy atom. The molecule has 1 aliphatic carbocycles. The second-order valence-corrected chi connectivity index (χ2v) is 7.63. The first-order valence-corrected chi connectivity index (χ1v) is 8.68. The molecular formula is C12H13Br2NO2S. The standard InChI is InChI=1S/C12H13Br2NO2S/c13-9-6-7-12(11(14)8-9)18(16,17)15-10-4-2-1-3-5-10/h1-2,6-8,10,15H,3-5H2. The number of benzene rings is 1. The first kappa shape index (κ1) is 14.2. The van der Waals surface area contributed by atoms with Crippen molar-refractivity contribution in [2.45, 2.75) is 30.2 Å². The molecule has 6 heteroatoms. The molecular weight excluding hydrogens is 382 g/mol. The molecule has 98 valence electrons. The van der Waals surface area contributed by atoms with Crippen LogP contribution in [0.15, 0.2) is 44.2 Å². The van der Waals surface area contributed by atoms with Crippen molar-refractivity contribution in [1.82, 2.24) is 4.72 Å².